The van der Waals surface area contributed by atoms with Crippen LogP contribution in [0.3, 0.4) is 0 Å². The van der Waals surface area contributed by atoms with Gasteiger partial charge in [0.05, 0.1) is 11.2 Å². The fourth-order valence-electron chi connectivity index (χ4n) is 3.61. The van der Waals surface area contributed by atoms with Crippen molar-refractivity contribution in [3.8, 4) is 11.5 Å². The van der Waals surface area contributed by atoms with Gasteiger partial charge in [0.1, 0.15) is 13.2 Å². The minimum atomic E-state index is 0.348. The van der Waals surface area contributed by atoms with Crippen LogP contribution >= 0.6 is 11.6 Å². The number of nitrogens with zero attached hydrogens (tertiary/aromatic N) is 2. The Morgan fingerprint density at radius 2 is 2.21 bits per heavy atom. The smallest absolute Gasteiger partial charge is 0.179 e. The summed E-state index contributed by atoms with van der Waals surface area (Å²) in [4.78, 5) is 0. The maximum atomic E-state index is 6.33. The highest BCUT2D eigenvalue weighted by atomic mass is 35.5. The molecular weight excluding hydrogens is 326 g/mol. The molecule has 1 atom stereocenters. The lowest BCUT2D eigenvalue weighted by Gasteiger charge is -2.25. The Morgan fingerprint density at radius 1 is 1.33 bits per heavy atom. The summed E-state index contributed by atoms with van der Waals surface area (Å²) in [6.45, 7) is 4.94. The topological polar surface area (TPSA) is 48.3 Å². The van der Waals surface area contributed by atoms with Gasteiger partial charge in [0.15, 0.2) is 11.5 Å². The van der Waals surface area contributed by atoms with Crippen molar-refractivity contribution in [1.29, 1.82) is 0 Å². The van der Waals surface area contributed by atoms with Gasteiger partial charge in [-0.1, -0.05) is 11.6 Å². The Hall–Kier alpha value is -1.72. The largest absolute Gasteiger partial charge is 0.486 e. The monoisotopic (exact) mass is 347 g/mol. The summed E-state index contributed by atoms with van der Waals surface area (Å²) in [7, 11) is 0. The Kier molecular flexibility index (Phi) is 4.37. The zero-order valence-electron chi connectivity index (χ0n) is 13.8. The van der Waals surface area contributed by atoms with Gasteiger partial charge in [-0.25, -0.2) is 0 Å². The molecule has 1 aliphatic heterocycles. The fourth-order valence-corrected chi connectivity index (χ4v) is 3.90. The first-order valence-corrected chi connectivity index (χ1v) is 9.00. The Bertz CT molecular complexity index is 744. The maximum absolute atomic E-state index is 6.33. The lowest BCUT2D eigenvalue weighted by Crippen LogP contribution is -2.25. The molecule has 0 saturated heterocycles. The van der Waals surface area contributed by atoms with E-state index in [1.165, 1.54) is 17.7 Å². The maximum Gasteiger partial charge on any atom is 0.179 e. The molecule has 1 aliphatic carbocycles. The van der Waals surface area contributed by atoms with Crippen LogP contribution in [-0.2, 0) is 19.5 Å². The number of ether oxygens (including phenoxy) is 2. The molecule has 1 unspecified atom stereocenters. The van der Waals surface area contributed by atoms with Crippen molar-refractivity contribution in [2.24, 2.45) is 0 Å². The normalized spacial score (nSPS) is 19.2. The van der Waals surface area contributed by atoms with E-state index in [4.69, 9.17) is 21.1 Å². The first kappa shape index (κ1) is 15.8. The van der Waals surface area contributed by atoms with E-state index in [1.54, 1.807) is 0 Å². The number of benzene rings is 1. The summed E-state index contributed by atoms with van der Waals surface area (Å²) in [6.07, 6.45) is 5.47. The second-order valence-electron chi connectivity index (χ2n) is 6.29. The predicted molar refractivity (Wildman–Crippen MR) is 92.9 cm³/mol. The van der Waals surface area contributed by atoms with Gasteiger partial charge in [0, 0.05) is 30.4 Å². The van der Waals surface area contributed by atoms with Crippen molar-refractivity contribution in [3.05, 3.63) is 40.2 Å². The molecule has 0 saturated carbocycles. The molecule has 1 aromatic carbocycles. The summed E-state index contributed by atoms with van der Waals surface area (Å²) >= 11 is 6.33. The molecule has 2 aromatic rings. The van der Waals surface area contributed by atoms with Crippen LogP contribution < -0.4 is 14.8 Å². The summed E-state index contributed by atoms with van der Waals surface area (Å²) in [5, 5.41) is 8.79. The summed E-state index contributed by atoms with van der Waals surface area (Å²) in [5.74, 6) is 1.41. The third-order valence-electron chi connectivity index (χ3n) is 4.77. The highest BCUT2D eigenvalue weighted by molar-refractivity contribution is 6.32. The Balaban J connectivity index is 1.50. The number of halogens is 1. The zero-order valence-corrected chi connectivity index (χ0v) is 14.6. The fraction of sp³-hybridized carbons (Fsp3) is 0.500. The zero-order chi connectivity index (χ0) is 16.5. The Morgan fingerprint density at radius 3 is 3.08 bits per heavy atom. The van der Waals surface area contributed by atoms with Crippen molar-refractivity contribution in [2.45, 2.75) is 45.3 Å². The van der Waals surface area contributed by atoms with Crippen molar-refractivity contribution in [3.63, 3.8) is 0 Å². The van der Waals surface area contributed by atoms with Crippen LogP contribution in [0.15, 0.2) is 18.3 Å². The van der Waals surface area contributed by atoms with Crippen LogP contribution in [0.25, 0.3) is 0 Å². The minimum Gasteiger partial charge on any atom is -0.486 e. The molecule has 0 spiro atoms. The molecule has 128 valence electrons. The highest BCUT2D eigenvalue weighted by Crippen LogP contribution is 2.38. The lowest BCUT2D eigenvalue weighted by molar-refractivity contribution is 0.171. The van der Waals surface area contributed by atoms with Gasteiger partial charge in [-0.05, 0) is 43.9 Å². The van der Waals surface area contributed by atoms with Gasteiger partial charge in [-0.15, -0.1) is 0 Å². The SMILES string of the molecule is CCn1ncc2c1CCCC2NCc1cc(Cl)c2c(c1)OCCO2. The van der Waals surface area contributed by atoms with Crippen molar-refractivity contribution in [2.75, 3.05) is 13.2 Å². The van der Waals surface area contributed by atoms with E-state index < -0.39 is 0 Å². The molecule has 0 amide bonds. The van der Waals surface area contributed by atoms with Crippen molar-refractivity contribution < 1.29 is 9.47 Å². The van der Waals surface area contributed by atoms with Gasteiger partial charge in [0.2, 0.25) is 0 Å². The quantitative estimate of drug-likeness (QED) is 0.919. The molecule has 0 fully saturated rings. The van der Waals surface area contributed by atoms with Gasteiger partial charge in [0.25, 0.3) is 0 Å². The highest BCUT2D eigenvalue weighted by Gasteiger charge is 2.24. The molecule has 2 aliphatic rings. The van der Waals surface area contributed by atoms with E-state index in [1.807, 2.05) is 18.3 Å². The standard InChI is InChI=1S/C18H22ClN3O2/c1-2-22-16-5-3-4-15(13(16)11-21-22)20-10-12-8-14(19)18-17(9-12)23-6-7-24-18/h8-9,11,15,20H,2-7,10H2,1H3. The van der Waals surface area contributed by atoms with Crippen LogP contribution in [0.5, 0.6) is 11.5 Å². The van der Waals surface area contributed by atoms with E-state index in [0.717, 1.165) is 37.2 Å². The summed E-state index contributed by atoms with van der Waals surface area (Å²) < 4.78 is 13.4. The molecule has 6 heteroatoms. The molecule has 2 heterocycles. The number of hydrogen-bond acceptors (Lipinski definition) is 4. The first-order chi connectivity index (χ1) is 11.8. The van der Waals surface area contributed by atoms with E-state index in [2.05, 4.69) is 22.0 Å². The van der Waals surface area contributed by atoms with Gasteiger partial charge in [-0.3, -0.25) is 4.68 Å². The van der Waals surface area contributed by atoms with Gasteiger partial charge >= 0.3 is 0 Å². The second kappa shape index (κ2) is 6.65. The molecule has 0 radical (unpaired) electrons. The first-order valence-electron chi connectivity index (χ1n) is 8.62. The minimum absolute atomic E-state index is 0.348. The third kappa shape index (κ3) is 2.87. The van der Waals surface area contributed by atoms with E-state index >= 15 is 0 Å². The van der Waals surface area contributed by atoms with E-state index in [0.29, 0.717) is 30.0 Å². The average molecular weight is 348 g/mol. The number of hydrogen-bond donors (Lipinski definition) is 1. The van der Waals surface area contributed by atoms with Crippen LogP contribution in [0, 0.1) is 0 Å². The third-order valence-corrected chi connectivity index (χ3v) is 5.05. The second-order valence-corrected chi connectivity index (χ2v) is 6.70. The van der Waals surface area contributed by atoms with Crippen LogP contribution in [0.4, 0.5) is 0 Å². The predicted octanol–water partition coefficient (Wildman–Crippen LogP) is 3.49. The summed E-state index contributed by atoms with van der Waals surface area (Å²) in [6, 6.07) is 4.33. The lowest BCUT2D eigenvalue weighted by atomic mass is 9.93. The van der Waals surface area contributed by atoms with Gasteiger partial charge < -0.3 is 14.8 Å². The average Bonchev–Trinajstić information content (AvgIpc) is 3.04. The number of fused-ring (bicyclic) bond motifs is 2. The molecule has 0 bridgehead atoms. The molecule has 24 heavy (non-hydrogen) atoms. The number of nitrogens with one attached hydrogen (secondary N) is 1. The van der Waals surface area contributed by atoms with Crippen LogP contribution in [0.1, 0.15) is 42.6 Å². The number of rotatable bonds is 4. The van der Waals surface area contributed by atoms with Gasteiger partial charge in [-0.2, -0.15) is 5.10 Å². The number of aryl methyl sites for hydroxylation is 1. The molecule has 4 rings (SSSR count). The summed E-state index contributed by atoms with van der Waals surface area (Å²) in [5.41, 5.74) is 3.83. The van der Waals surface area contributed by atoms with E-state index in [9.17, 15) is 0 Å². The van der Waals surface area contributed by atoms with Crippen molar-refractivity contribution in [1.82, 2.24) is 15.1 Å². The molecular formula is C18H22ClN3O2. The van der Waals surface area contributed by atoms with Crippen LogP contribution in [-0.4, -0.2) is 23.0 Å². The molecule has 1 N–H and O–H groups in total. The Labute approximate surface area is 146 Å². The van der Waals surface area contributed by atoms with Crippen LogP contribution in [0.2, 0.25) is 5.02 Å². The van der Waals surface area contributed by atoms with Crippen molar-refractivity contribution >= 4 is 11.6 Å². The molecule has 5 nitrogen and oxygen atoms in total. The van der Waals surface area contributed by atoms with E-state index in [-0.39, 0.29) is 0 Å². The number of aromatic nitrogens is 2. The molecule has 1 aromatic heterocycles.